The van der Waals surface area contributed by atoms with Crippen LogP contribution in [0, 0.1) is 6.92 Å². The van der Waals surface area contributed by atoms with Crippen LogP contribution in [0.5, 0.6) is 11.5 Å². The molecule has 6 nitrogen and oxygen atoms in total. The number of hydrogen-bond acceptors (Lipinski definition) is 5. The van der Waals surface area contributed by atoms with Gasteiger partial charge in [-0.2, -0.15) is 5.10 Å². The highest BCUT2D eigenvalue weighted by Gasteiger charge is 2.14. The fourth-order valence-electron chi connectivity index (χ4n) is 3.35. The van der Waals surface area contributed by atoms with E-state index in [1.54, 1.807) is 43.3 Å². The van der Waals surface area contributed by atoms with Crippen LogP contribution in [0.25, 0.3) is 11.1 Å². The summed E-state index contributed by atoms with van der Waals surface area (Å²) in [6.45, 7) is 3.61. The quantitative estimate of drug-likeness (QED) is 0.150. The number of nitrogens with one attached hydrogen (secondary N) is 1. The number of benzene rings is 4. The molecule has 1 amide bonds. The second kappa shape index (κ2) is 11.6. The molecule has 0 aliphatic rings. The first-order chi connectivity index (χ1) is 17.5. The van der Waals surface area contributed by atoms with E-state index in [-0.39, 0.29) is 5.91 Å². The summed E-state index contributed by atoms with van der Waals surface area (Å²) in [5.41, 5.74) is 6.95. The van der Waals surface area contributed by atoms with E-state index in [1.165, 1.54) is 6.21 Å². The van der Waals surface area contributed by atoms with Gasteiger partial charge in [-0.05, 0) is 79.1 Å². The molecule has 0 aliphatic carbocycles. The highest BCUT2D eigenvalue weighted by atomic mass is 16.5. The summed E-state index contributed by atoms with van der Waals surface area (Å²) < 4.78 is 11.1. The van der Waals surface area contributed by atoms with Crippen molar-refractivity contribution in [3.05, 3.63) is 120 Å². The van der Waals surface area contributed by atoms with Crippen molar-refractivity contribution in [2.75, 3.05) is 0 Å². The predicted molar refractivity (Wildman–Crippen MR) is 140 cm³/mol. The summed E-state index contributed by atoms with van der Waals surface area (Å²) >= 11 is 0. The van der Waals surface area contributed by atoms with Crippen molar-refractivity contribution in [1.82, 2.24) is 5.43 Å². The Hall–Kier alpha value is -4.71. The van der Waals surface area contributed by atoms with E-state index in [9.17, 15) is 9.59 Å². The first-order valence-corrected chi connectivity index (χ1v) is 11.5. The third-order valence-electron chi connectivity index (χ3n) is 5.41. The van der Waals surface area contributed by atoms with Crippen LogP contribution in [0.4, 0.5) is 0 Å². The van der Waals surface area contributed by atoms with Crippen LogP contribution in [-0.2, 0) is 4.79 Å². The van der Waals surface area contributed by atoms with Gasteiger partial charge in [-0.25, -0.2) is 10.2 Å². The standard InChI is InChI=1S/C30H26N2O4/c1-21-8-12-26(13-9-21)30(34)36-28-16-10-23(11-17-28)20-31-32-29(33)22(2)35-27-18-14-25(15-19-27)24-6-4-3-5-7-24/h3-20,22H,1-2H3,(H,32,33)/b31-20-/t22-/m0/s1. The molecular weight excluding hydrogens is 452 g/mol. The highest BCUT2D eigenvalue weighted by molar-refractivity contribution is 5.91. The van der Waals surface area contributed by atoms with Gasteiger partial charge in [0.25, 0.3) is 5.91 Å². The second-order valence-corrected chi connectivity index (χ2v) is 8.21. The molecule has 0 aromatic heterocycles. The number of rotatable bonds is 8. The number of hydrogen-bond donors (Lipinski definition) is 1. The first-order valence-electron chi connectivity index (χ1n) is 11.5. The lowest BCUT2D eigenvalue weighted by molar-refractivity contribution is -0.127. The molecule has 0 radical (unpaired) electrons. The van der Waals surface area contributed by atoms with Crippen molar-refractivity contribution in [2.45, 2.75) is 20.0 Å². The van der Waals surface area contributed by atoms with Crippen LogP contribution >= 0.6 is 0 Å². The maximum atomic E-state index is 12.3. The normalized spacial score (nSPS) is 11.6. The van der Waals surface area contributed by atoms with Crippen molar-refractivity contribution in [2.24, 2.45) is 5.10 Å². The molecule has 4 aromatic carbocycles. The minimum atomic E-state index is -0.728. The monoisotopic (exact) mass is 478 g/mol. The third kappa shape index (κ3) is 6.67. The fraction of sp³-hybridized carbons (Fsp3) is 0.100. The lowest BCUT2D eigenvalue weighted by atomic mass is 10.1. The Labute approximate surface area is 210 Å². The maximum absolute atomic E-state index is 12.3. The van der Waals surface area contributed by atoms with E-state index in [0.29, 0.717) is 17.1 Å². The van der Waals surface area contributed by atoms with Gasteiger partial charge in [0, 0.05) is 0 Å². The van der Waals surface area contributed by atoms with E-state index in [1.807, 2.05) is 73.7 Å². The van der Waals surface area contributed by atoms with Gasteiger partial charge < -0.3 is 9.47 Å². The van der Waals surface area contributed by atoms with Crippen molar-refractivity contribution >= 4 is 18.1 Å². The Morgan fingerprint density at radius 2 is 1.39 bits per heavy atom. The minimum absolute atomic E-state index is 0.373. The number of esters is 1. The highest BCUT2D eigenvalue weighted by Crippen LogP contribution is 2.22. The van der Waals surface area contributed by atoms with Gasteiger partial charge in [-0.3, -0.25) is 4.79 Å². The Morgan fingerprint density at radius 3 is 2.06 bits per heavy atom. The molecule has 0 heterocycles. The molecule has 36 heavy (non-hydrogen) atoms. The SMILES string of the molecule is Cc1ccc(C(=O)Oc2ccc(/C=N\NC(=O)[C@H](C)Oc3ccc(-c4ccccc4)cc3)cc2)cc1. The summed E-state index contributed by atoms with van der Waals surface area (Å²) in [7, 11) is 0. The van der Waals surface area contributed by atoms with E-state index in [2.05, 4.69) is 10.5 Å². The molecule has 6 heteroatoms. The van der Waals surface area contributed by atoms with Crippen molar-refractivity contribution in [3.63, 3.8) is 0 Å². The number of ether oxygens (including phenoxy) is 2. The summed E-state index contributed by atoms with van der Waals surface area (Å²) in [6, 6.07) is 31.6. The van der Waals surface area contributed by atoms with Gasteiger partial charge in [0.2, 0.25) is 0 Å². The third-order valence-corrected chi connectivity index (χ3v) is 5.41. The maximum Gasteiger partial charge on any atom is 0.343 e. The van der Waals surface area contributed by atoms with Crippen LogP contribution < -0.4 is 14.9 Å². The summed E-state index contributed by atoms with van der Waals surface area (Å²) in [5.74, 6) is 0.216. The molecule has 4 aromatic rings. The molecule has 0 fully saturated rings. The minimum Gasteiger partial charge on any atom is -0.481 e. The van der Waals surface area contributed by atoms with Crippen LogP contribution in [0.1, 0.15) is 28.4 Å². The molecule has 1 atom stereocenters. The molecule has 0 saturated carbocycles. The fourth-order valence-corrected chi connectivity index (χ4v) is 3.35. The molecular formula is C30H26N2O4. The molecule has 0 spiro atoms. The Morgan fingerprint density at radius 1 is 0.778 bits per heavy atom. The lowest BCUT2D eigenvalue weighted by Gasteiger charge is -2.13. The molecule has 0 aliphatic heterocycles. The zero-order valence-electron chi connectivity index (χ0n) is 20.0. The van der Waals surface area contributed by atoms with Gasteiger partial charge in [0.05, 0.1) is 11.8 Å². The Bertz CT molecular complexity index is 1330. The van der Waals surface area contributed by atoms with Crippen LogP contribution in [-0.4, -0.2) is 24.2 Å². The van der Waals surface area contributed by atoms with E-state index < -0.39 is 12.1 Å². The zero-order chi connectivity index (χ0) is 25.3. The second-order valence-electron chi connectivity index (χ2n) is 8.21. The molecule has 0 saturated heterocycles. The Balaban J connectivity index is 1.25. The number of hydrazone groups is 1. The van der Waals surface area contributed by atoms with Crippen LogP contribution in [0.2, 0.25) is 0 Å². The predicted octanol–water partition coefficient (Wildman–Crippen LogP) is 5.80. The van der Waals surface area contributed by atoms with E-state index >= 15 is 0 Å². The van der Waals surface area contributed by atoms with Crippen molar-refractivity contribution in [1.29, 1.82) is 0 Å². The van der Waals surface area contributed by atoms with Gasteiger partial charge in [0.15, 0.2) is 6.10 Å². The number of carbonyl (C=O) groups is 2. The smallest absolute Gasteiger partial charge is 0.343 e. The van der Waals surface area contributed by atoms with Gasteiger partial charge in [-0.15, -0.1) is 0 Å². The molecule has 0 unspecified atom stereocenters. The van der Waals surface area contributed by atoms with E-state index in [4.69, 9.17) is 9.47 Å². The van der Waals surface area contributed by atoms with Gasteiger partial charge in [-0.1, -0.05) is 60.2 Å². The van der Waals surface area contributed by atoms with Crippen molar-refractivity contribution in [3.8, 4) is 22.6 Å². The van der Waals surface area contributed by atoms with Crippen molar-refractivity contribution < 1.29 is 19.1 Å². The topological polar surface area (TPSA) is 77.0 Å². The van der Waals surface area contributed by atoms with E-state index in [0.717, 1.165) is 22.3 Å². The van der Waals surface area contributed by atoms with Crippen LogP contribution in [0.15, 0.2) is 108 Å². The zero-order valence-corrected chi connectivity index (χ0v) is 20.0. The lowest BCUT2D eigenvalue weighted by Crippen LogP contribution is -2.33. The average Bonchev–Trinajstić information content (AvgIpc) is 2.91. The summed E-state index contributed by atoms with van der Waals surface area (Å²) in [5, 5.41) is 3.99. The molecule has 0 bridgehead atoms. The van der Waals surface area contributed by atoms with Gasteiger partial charge in [0.1, 0.15) is 11.5 Å². The summed E-state index contributed by atoms with van der Waals surface area (Å²) in [6.07, 6.45) is 0.776. The number of nitrogens with zero attached hydrogens (tertiary/aromatic N) is 1. The molecule has 4 rings (SSSR count). The number of amides is 1. The molecule has 1 N–H and O–H groups in total. The number of carbonyl (C=O) groups excluding carboxylic acids is 2. The number of aryl methyl sites for hydroxylation is 1. The largest absolute Gasteiger partial charge is 0.481 e. The Kier molecular flexibility index (Phi) is 7.88. The van der Waals surface area contributed by atoms with Gasteiger partial charge >= 0.3 is 5.97 Å². The average molecular weight is 479 g/mol. The summed E-state index contributed by atoms with van der Waals surface area (Å²) in [4.78, 5) is 24.6. The van der Waals surface area contributed by atoms with Crippen LogP contribution in [0.3, 0.4) is 0 Å². The molecule has 180 valence electrons. The first kappa shape index (κ1) is 24.4.